The fourth-order valence-corrected chi connectivity index (χ4v) is 2.41. The Balaban J connectivity index is 2.34. The van der Waals surface area contributed by atoms with Crippen molar-refractivity contribution >= 4 is 11.6 Å². The Labute approximate surface area is 95.8 Å². The molecule has 1 aromatic heterocycles. The largest absolute Gasteiger partial charge is 0.298 e. The first-order valence-electron chi connectivity index (χ1n) is 5.75. The number of hydrogen-bond donors (Lipinski definition) is 0. The maximum Gasteiger partial charge on any atom is 0.225 e. The van der Waals surface area contributed by atoms with Gasteiger partial charge < -0.3 is 0 Å². The molecule has 1 aliphatic carbocycles. The molecule has 3 nitrogen and oxygen atoms in total. The first-order valence-corrected chi connectivity index (χ1v) is 6.13. The predicted octanol–water partition coefficient (Wildman–Crippen LogP) is 3.42. The van der Waals surface area contributed by atoms with E-state index in [-0.39, 0.29) is 0 Å². The molecule has 0 spiro atoms. The molecular formula is C11H18ClN3. The van der Waals surface area contributed by atoms with E-state index in [1.165, 1.54) is 12.8 Å². The molecule has 0 saturated heterocycles. The molecule has 1 aliphatic rings. The number of nitrogens with zero attached hydrogens (tertiary/aromatic N) is 3. The molecule has 0 aliphatic heterocycles. The molecule has 0 radical (unpaired) electrons. The van der Waals surface area contributed by atoms with E-state index in [4.69, 9.17) is 11.6 Å². The molecule has 4 heteroatoms. The van der Waals surface area contributed by atoms with Gasteiger partial charge in [-0.2, -0.15) is 0 Å². The van der Waals surface area contributed by atoms with Crippen molar-refractivity contribution in [2.45, 2.75) is 52.0 Å². The molecule has 1 fully saturated rings. The van der Waals surface area contributed by atoms with Gasteiger partial charge in [-0.3, -0.25) is 4.57 Å². The maximum absolute atomic E-state index is 6.12. The molecule has 0 N–H and O–H groups in total. The second-order valence-electron chi connectivity index (χ2n) is 4.69. The lowest BCUT2D eigenvalue weighted by Crippen LogP contribution is -2.17. The van der Waals surface area contributed by atoms with E-state index in [0.29, 0.717) is 23.2 Å². The minimum absolute atomic E-state index is 0.433. The zero-order valence-corrected chi connectivity index (χ0v) is 10.3. The standard InChI is InChI=1S/C11H18ClN3/c1-4-9(7(2)3)15-10(8-5-6-8)13-14-11(15)12/h7-9H,4-6H2,1-3H3. The molecule has 0 bridgehead atoms. The average molecular weight is 228 g/mol. The summed E-state index contributed by atoms with van der Waals surface area (Å²) in [6.07, 6.45) is 3.56. The zero-order valence-electron chi connectivity index (χ0n) is 9.57. The van der Waals surface area contributed by atoms with Crippen molar-refractivity contribution in [1.82, 2.24) is 14.8 Å². The van der Waals surface area contributed by atoms with E-state index in [1.807, 2.05) is 0 Å². The lowest BCUT2D eigenvalue weighted by Gasteiger charge is -2.22. The summed E-state index contributed by atoms with van der Waals surface area (Å²) in [7, 11) is 0. The Morgan fingerprint density at radius 2 is 2.07 bits per heavy atom. The summed E-state index contributed by atoms with van der Waals surface area (Å²) in [6, 6.07) is 0.433. The summed E-state index contributed by atoms with van der Waals surface area (Å²) < 4.78 is 2.14. The van der Waals surface area contributed by atoms with Crippen LogP contribution in [0.25, 0.3) is 0 Å². The van der Waals surface area contributed by atoms with Crippen molar-refractivity contribution in [2.75, 3.05) is 0 Å². The Bertz CT molecular complexity index is 342. The summed E-state index contributed by atoms with van der Waals surface area (Å²) in [4.78, 5) is 0. The van der Waals surface area contributed by atoms with Gasteiger partial charge >= 0.3 is 0 Å². The van der Waals surface area contributed by atoms with Gasteiger partial charge in [0.15, 0.2) is 0 Å². The number of rotatable bonds is 4. The lowest BCUT2D eigenvalue weighted by molar-refractivity contribution is 0.356. The van der Waals surface area contributed by atoms with Gasteiger partial charge in [-0.1, -0.05) is 20.8 Å². The van der Waals surface area contributed by atoms with Gasteiger partial charge in [0.25, 0.3) is 0 Å². The van der Waals surface area contributed by atoms with E-state index in [2.05, 4.69) is 35.5 Å². The summed E-state index contributed by atoms with van der Waals surface area (Å²) in [5, 5.41) is 8.77. The molecule has 84 valence electrons. The predicted molar refractivity (Wildman–Crippen MR) is 61.2 cm³/mol. The second kappa shape index (κ2) is 4.12. The summed E-state index contributed by atoms with van der Waals surface area (Å²) in [6.45, 7) is 6.64. The highest BCUT2D eigenvalue weighted by molar-refractivity contribution is 6.28. The van der Waals surface area contributed by atoms with Crippen LogP contribution in [-0.2, 0) is 0 Å². The molecule has 1 atom stereocenters. The molecule has 1 unspecified atom stereocenters. The van der Waals surface area contributed by atoms with Crippen LogP contribution >= 0.6 is 11.6 Å². The third-order valence-electron chi connectivity index (χ3n) is 3.14. The summed E-state index contributed by atoms with van der Waals surface area (Å²) in [5.41, 5.74) is 0. The Morgan fingerprint density at radius 3 is 2.53 bits per heavy atom. The Hall–Kier alpha value is -0.570. The summed E-state index contributed by atoms with van der Waals surface area (Å²) in [5.74, 6) is 2.28. The maximum atomic E-state index is 6.12. The van der Waals surface area contributed by atoms with Gasteiger partial charge in [-0.05, 0) is 36.8 Å². The van der Waals surface area contributed by atoms with E-state index >= 15 is 0 Å². The first-order chi connectivity index (χ1) is 7.15. The second-order valence-corrected chi connectivity index (χ2v) is 5.03. The van der Waals surface area contributed by atoms with Crippen LogP contribution in [0.2, 0.25) is 5.28 Å². The molecule has 2 rings (SSSR count). The number of halogens is 1. The van der Waals surface area contributed by atoms with Gasteiger partial charge in [-0.15, -0.1) is 10.2 Å². The highest BCUT2D eigenvalue weighted by atomic mass is 35.5. The van der Waals surface area contributed by atoms with Crippen LogP contribution in [0, 0.1) is 5.92 Å². The lowest BCUT2D eigenvalue weighted by atomic mass is 10.0. The number of hydrogen-bond acceptors (Lipinski definition) is 2. The van der Waals surface area contributed by atoms with Crippen molar-refractivity contribution in [1.29, 1.82) is 0 Å². The van der Waals surface area contributed by atoms with Crippen LogP contribution in [0.5, 0.6) is 0 Å². The van der Waals surface area contributed by atoms with E-state index < -0.39 is 0 Å². The normalized spacial score (nSPS) is 18.5. The van der Waals surface area contributed by atoms with Gasteiger partial charge in [0.2, 0.25) is 5.28 Å². The first kappa shape index (κ1) is 10.9. The van der Waals surface area contributed by atoms with Crippen molar-refractivity contribution < 1.29 is 0 Å². The molecular weight excluding hydrogens is 210 g/mol. The van der Waals surface area contributed by atoms with E-state index in [1.54, 1.807) is 0 Å². The van der Waals surface area contributed by atoms with Crippen LogP contribution in [-0.4, -0.2) is 14.8 Å². The molecule has 0 aromatic carbocycles. The van der Waals surface area contributed by atoms with Gasteiger partial charge in [0, 0.05) is 12.0 Å². The van der Waals surface area contributed by atoms with Gasteiger partial charge in [0.1, 0.15) is 5.82 Å². The van der Waals surface area contributed by atoms with Crippen molar-refractivity contribution in [3.8, 4) is 0 Å². The average Bonchev–Trinajstić information content (AvgIpc) is 2.95. The zero-order chi connectivity index (χ0) is 11.0. The van der Waals surface area contributed by atoms with Crippen LogP contribution in [0.1, 0.15) is 57.8 Å². The third-order valence-corrected chi connectivity index (χ3v) is 3.40. The summed E-state index contributed by atoms with van der Waals surface area (Å²) >= 11 is 6.12. The molecule has 15 heavy (non-hydrogen) atoms. The molecule has 1 aromatic rings. The molecule has 1 heterocycles. The Kier molecular flexibility index (Phi) is 3.01. The van der Waals surface area contributed by atoms with Crippen LogP contribution < -0.4 is 0 Å². The fourth-order valence-electron chi connectivity index (χ4n) is 2.16. The fraction of sp³-hybridized carbons (Fsp3) is 0.818. The van der Waals surface area contributed by atoms with Crippen LogP contribution in [0.3, 0.4) is 0 Å². The number of aromatic nitrogens is 3. The SMILES string of the molecule is CCC(C(C)C)n1c(Cl)nnc1C1CC1. The van der Waals surface area contributed by atoms with Gasteiger partial charge in [-0.25, -0.2) is 0 Å². The smallest absolute Gasteiger partial charge is 0.225 e. The van der Waals surface area contributed by atoms with Gasteiger partial charge in [0.05, 0.1) is 0 Å². The minimum atomic E-state index is 0.433. The quantitative estimate of drug-likeness (QED) is 0.789. The van der Waals surface area contributed by atoms with Crippen molar-refractivity contribution in [2.24, 2.45) is 5.92 Å². The highest BCUT2D eigenvalue weighted by Crippen LogP contribution is 2.41. The van der Waals surface area contributed by atoms with E-state index in [9.17, 15) is 0 Å². The highest BCUT2D eigenvalue weighted by Gasteiger charge is 2.32. The van der Waals surface area contributed by atoms with Crippen molar-refractivity contribution in [3.05, 3.63) is 11.1 Å². The monoisotopic (exact) mass is 227 g/mol. The third kappa shape index (κ3) is 2.03. The Morgan fingerprint density at radius 1 is 1.40 bits per heavy atom. The van der Waals surface area contributed by atoms with Crippen LogP contribution in [0.15, 0.2) is 0 Å². The van der Waals surface area contributed by atoms with E-state index in [0.717, 1.165) is 12.2 Å². The topological polar surface area (TPSA) is 30.7 Å². The van der Waals surface area contributed by atoms with Crippen LogP contribution in [0.4, 0.5) is 0 Å². The minimum Gasteiger partial charge on any atom is -0.298 e. The van der Waals surface area contributed by atoms with Crippen molar-refractivity contribution in [3.63, 3.8) is 0 Å². The molecule has 0 amide bonds. The molecule has 1 saturated carbocycles.